The van der Waals surface area contributed by atoms with E-state index in [1.807, 2.05) is 31.2 Å². The molecule has 1 aromatic carbocycles. The van der Waals surface area contributed by atoms with E-state index in [1.165, 1.54) is 6.33 Å². The van der Waals surface area contributed by atoms with Crippen LogP contribution in [-0.4, -0.2) is 47.3 Å². The first-order valence-electron chi connectivity index (χ1n) is 10.8. The number of nitrogens with two attached hydrogens (primary N) is 2. The molecule has 12 heteroatoms. The van der Waals surface area contributed by atoms with Crippen molar-refractivity contribution in [2.24, 2.45) is 0 Å². The summed E-state index contributed by atoms with van der Waals surface area (Å²) in [5.74, 6) is 0.605. The monoisotopic (exact) mass is 484 g/mol. The van der Waals surface area contributed by atoms with E-state index in [0.717, 1.165) is 36.1 Å². The summed E-state index contributed by atoms with van der Waals surface area (Å²) in [5, 5.41) is 9.70. The summed E-state index contributed by atoms with van der Waals surface area (Å²) < 4.78 is 7.36. The Bertz CT molecular complexity index is 1340. The Morgan fingerprint density at radius 2 is 1.97 bits per heavy atom. The molecule has 0 unspecified atom stereocenters. The first-order chi connectivity index (χ1) is 16.4. The number of aromatic nitrogens is 6. The van der Waals surface area contributed by atoms with E-state index < -0.39 is 0 Å². The number of anilines is 2. The van der Waals surface area contributed by atoms with Crippen LogP contribution in [0.15, 0.2) is 41.7 Å². The van der Waals surface area contributed by atoms with E-state index in [-0.39, 0.29) is 30.4 Å². The molecular weight excluding hydrogens is 460 g/mol. The number of aliphatic hydroxyl groups is 1. The van der Waals surface area contributed by atoms with Gasteiger partial charge < -0.3 is 26.3 Å². The zero-order valence-electron chi connectivity index (χ0n) is 18.5. The van der Waals surface area contributed by atoms with E-state index in [0.29, 0.717) is 22.0 Å². The highest BCUT2D eigenvalue weighted by Crippen LogP contribution is 2.30. The Kier molecular flexibility index (Phi) is 7.06. The number of H-pyrrole nitrogens is 1. The third kappa shape index (κ3) is 4.86. The summed E-state index contributed by atoms with van der Waals surface area (Å²) in [4.78, 5) is 30.3. The highest BCUT2D eigenvalue weighted by atomic mass is 35.5. The third-order valence-electron chi connectivity index (χ3n) is 5.46. The van der Waals surface area contributed by atoms with Gasteiger partial charge in [0.2, 0.25) is 5.95 Å². The summed E-state index contributed by atoms with van der Waals surface area (Å²) in [5.41, 5.74) is 14.7. The van der Waals surface area contributed by atoms with Crippen LogP contribution in [0, 0.1) is 0 Å². The van der Waals surface area contributed by atoms with Crippen molar-refractivity contribution in [2.45, 2.75) is 38.5 Å². The number of nitrogen functional groups attached to an aromatic ring is 2. The van der Waals surface area contributed by atoms with Crippen LogP contribution in [0.2, 0.25) is 5.02 Å². The minimum absolute atomic E-state index is 0.0111. The number of aryl methyl sites for hydroxylation is 1. The molecule has 0 bridgehead atoms. The van der Waals surface area contributed by atoms with Gasteiger partial charge in [0.05, 0.1) is 31.1 Å². The van der Waals surface area contributed by atoms with Gasteiger partial charge in [0.25, 0.3) is 5.56 Å². The number of nitrogens with zero attached hydrogens (tertiary/aromatic N) is 5. The fourth-order valence-corrected chi connectivity index (χ4v) is 3.96. The number of nitrogens with one attached hydrogen (secondary N) is 1. The average Bonchev–Trinajstić information content (AvgIpc) is 3.47. The standard InChI is InChI=1S/C12H13ClN4.C10H12N4O3/c1-2-9-10(11(14)17-12(15)16-9)7-3-5-8(13)6-4-7;15-3-6-1-2-7(17-6)14-5-13-8-9(14)11-4-12-10(8)16/h3-6H,2H2,1H3,(H4,14,15,16,17);4-7,15H,1-3H2,(H,11,12,16)/t;6-,7+/m.0/s1. The molecule has 0 aliphatic carbocycles. The number of aliphatic hydroxyl groups excluding tert-OH is 1. The Balaban J connectivity index is 0.000000161. The predicted molar refractivity (Wildman–Crippen MR) is 129 cm³/mol. The highest BCUT2D eigenvalue weighted by molar-refractivity contribution is 6.30. The van der Waals surface area contributed by atoms with Gasteiger partial charge in [-0.25, -0.2) is 15.0 Å². The molecule has 3 aromatic heterocycles. The lowest BCUT2D eigenvalue weighted by atomic mass is 10.0. The first-order valence-corrected chi connectivity index (χ1v) is 11.1. The van der Waals surface area contributed by atoms with Crippen molar-refractivity contribution in [1.82, 2.24) is 29.5 Å². The van der Waals surface area contributed by atoms with Crippen LogP contribution in [0.5, 0.6) is 0 Å². The normalized spacial score (nSPS) is 17.5. The topological polar surface area (TPSA) is 171 Å². The van der Waals surface area contributed by atoms with Crippen molar-refractivity contribution < 1.29 is 9.84 Å². The fraction of sp³-hybridized carbons (Fsp3) is 0.318. The Hall–Kier alpha value is -3.54. The number of fused-ring (bicyclic) bond motifs is 1. The van der Waals surface area contributed by atoms with Crippen molar-refractivity contribution >= 4 is 34.5 Å². The maximum absolute atomic E-state index is 11.5. The van der Waals surface area contributed by atoms with Gasteiger partial charge >= 0.3 is 0 Å². The van der Waals surface area contributed by atoms with Gasteiger partial charge in [0.1, 0.15) is 12.0 Å². The summed E-state index contributed by atoms with van der Waals surface area (Å²) in [6.45, 7) is 2.01. The van der Waals surface area contributed by atoms with Crippen LogP contribution < -0.4 is 17.0 Å². The Labute approximate surface area is 199 Å². The Morgan fingerprint density at radius 3 is 2.65 bits per heavy atom. The highest BCUT2D eigenvalue weighted by Gasteiger charge is 2.27. The van der Waals surface area contributed by atoms with Gasteiger partial charge in [0.15, 0.2) is 11.2 Å². The van der Waals surface area contributed by atoms with E-state index in [1.54, 1.807) is 10.9 Å². The number of hydrogen-bond donors (Lipinski definition) is 4. The second-order valence-electron chi connectivity index (χ2n) is 7.68. The van der Waals surface area contributed by atoms with Crippen LogP contribution in [-0.2, 0) is 11.2 Å². The van der Waals surface area contributed by atoms with Gasteiger partial charge in [-0.05, 0) is 37.0 Å². The minimum Gasteiger partial charge on any atom is -0.394 e. The second-order valence-corrected chi connectivity index (χ2v) is 8.11. The van der Waals surface area contributed by atoms with Gasteiger partial charge in [-0.3, -0.25) is 9.36 Å². The molecule has 178 valence electrons. The van der Waals surface area contributed by atoms with Crippen molar-refractivity contribution in [3.63, 3.8) is 0 Å². The molecule has 5 rings (SSSR count). The van der Waals surface area contributed by atoms with Crippen LogP contribution in [0.4, 0.5) is 11.8 Å². The lowest BCUT2D eigenvalue weighted by Crippen LogP contribution is -2.14. The second kappa shape index (κ2) is 10.2. The first kappa shape index (κ1) is 23.6. The average molecular weight is 485 g/mol. The van der Waals surface area contributed by atoms with E-state index >= 15 is 0 Å². The van der Waals surface area contributed by atoms with Gasteiger partial charge in [0, 0.05) is 10.6 Å². The van der Waals surface area contributed by atoms with Crippen LogP contribution >= 0.6 is 11.6 Å². The summed E-state index contributed by atoms with van der Waals surface area (Å²) in [6, 6.07) is 7.41. The zero-order chi connectivity index (χ0) is 24.2. The minimum atomic E-state index is -0.259. The van der Waals surface area contributed by atoms with Gasteiger partial charge in [-0.2, -0.15) is 4.98 Å². The molecule has 2 atom stereocenters. The molecule has 0 spiro atoms. The smallest absolute Gasteiger partial charge is 0.278 e. The third-order valence-corrected chi connectivity index (χ3v) is 5.71. The SMILES string of the molecule is CCc1nc(N)nc(N)c1-c1ccc(Cl)cc1.O=c1[nH]cnc2c1ncn2[C@H]1CC[C@@H](CO)O1. The zero-order valence-corrected chi connectivity index (χ0v) is 19.2. The maximum Gasteiger partial charge on any atom is 0.278 e. The summed E-state index contributed by atoms with van der Waals surface area (Å²) in [7, 11) is 0. The molecule has 11 nitrogen and oxygen atoms in total. The number of ether oxygens (including phenoxy) is 1. The number of halogens is 1. The van der Waals surface area contributed by atoms with Crippen LogP contribution in [0.1, 0.15) is 31.7 Å². The van der Waals surface area contributed by atoms with E-state index in [9.17, 15) is 4.79 Å². The van der Waals surface area contributed by atoms with Crippen molar-refractivity contribution in [2.75, 3.05) is 18.1 Å². The quantitative estimate of drug-likeness (QED) is 0.339. The lowest BCUT2D eigenvalue weighted by Gasteiger charge is -2.13. The number of benzene rings is 1. The number of rotatable bonds is 4. The molecular formula is C22H25ClN8O3. The number of imidazole rings is 1. The van der Waals surface area contributed by atoms with Crippen molar-refractivity contribution in [3.05, 3.63) is 58.0 Å². The van der Waals surface area contributed by atoms with Gasteiger partial charge in [-0.1, -0.05) is 30.7 Å². The van der Waals surface area contributed by atoms with E-state index in [4.69, 9.17) is 32.9 Å². The van der Waals surface area contributed by atoms with Gasteiger partial charge in [-0.15, -0.1) is 0 Å². The molecule has 34 heavy (non-hydrogen) atoms. The molecule has 6 N–H and O–H groups in total. The molecule has 4 aromatic rings. The molecule has 1 aliphatic heterocycles. The molecule has 1 fully saturated rings. The lowest BCUT2D eigenvalue weighted by molar-refractivity contribution is -0.0207. The fourth-order valence-electron chi connectivity index (χ4n) is 3.83. The molecule has 0 saturated carbocycles. The molecule has 0 radical (unpaired) electrons. The molecule has 1 aliphatic rings. The summed E-state index contributed by atoms with van der Waals surface area (Å²) in [6.07, 6.45) is 4.88. The number of aromatic amines is 1. The predicted octanol–water partition coefficient (Wildman–Crippen LogP) is 2.31. The van der Waals surface area contributed by atoms with Crippen LogP contribution in [0.25, 0.3) is 22.3 Å². The Morgan fingerprint density at radius 1 is 1.21 bits per heavy atom. The summed E-state index contributed by atoms with van der Waals surface area (Å²) >= 11 is 5.86. The largest absolute Gasteiger partial charge is 0.394 e. The number of hydrogen-bond acceptors (Lipinski definition) is 9. The molecule has 1 saturated heterocycles. The molecule has 0 amide bonds. The van der Waals surface area contributed by atoms with E-state index in [2.05, 4.69) is 24.9 Å². The van der Waals surface area contributed by atoms with Crippen LogP contribution in [0.3, 0.4) is 0 Å². The molecule has 4 heterocycles. The van der Waals surface area contributed by atoms with Crippen molar-refractivity contribution in [1.29, 1.82) is 0 Å². The van der Waals surface area contributed by atoms with Crippen molar-refractivity contribution in [3.8, 4) is 11.1 Å². The maximum atomic E-state index is 11.5.